The number of hydrogen-bond acceptors (Lipinski definition) is 4. The second kappa shape index (κ2) is 7.36. The maximum absolute atomic E-state index is 12.4. The number of carbonyl (C=O) groups excluding carboxylic acids is 2. The van der Waals surface area contributed by atoms with E-state index in [1.165, 1.54) is 6.07 Å². The van der Waals surface area contributed by atoms with E-state index in [1.54, 1.807) is 24.4 Å². The lowest BCUT2D eigenvalue weighted by Crippen LogP contribution is -2.32. The van der Waals surface area contributed by atoms with Crippen LogP contribution in [0.15, 0.2) is 72.9 Å². The lowest BCUT2D eigenvalue weighted by molar-refractivity contribution is -0.115. The van der Waals surface area contributed by atoms with Crippen LogP contribution in [0.2, 0.25) is 0 Å². The summed E-state index contributed by atoms with van der Waals surface area (Å²) >= 11 is 0. The Balaban J connectivity index is 1.45. The molecule has 138 valence electrons. The molecule has 0 atom stereocenters. The van der Waals surface area contributed by atoms with Crippen LogP contribution in [0.25, 0.3) is 21.7 Å². The summed E-state index contributed by atoms with van der Waals surface area (Å²) in [6.07, 6.45) is 1.66. The smallest absolute Gasteiger partial charge is 0.251 e. The van der Waals surface area contributed by atoms with Gasteiger partial charge in [-0.1, -0.05) is 42.5 Å². The minimum atomic E-state index is -0.438. The molecule has 1 heterocycles. The van der Waals surface area contributed by atoms with Gasteiger partial charge in [0.2, 0.25) is 5.91 Å². The van der Waals surface area contributed by atoms with Crippen molar-refractivity contribution in [3.63, 3.8) is 0 Å². The Morgan fingerprint density at radius 2 is 1.71 bits per heavy atom. The third-order valence-corrected chi connectivity index (χ3v) is 4.42. The summed E-state index contributed by atoms with van der Waals surface area (Å²) in [6, 6.07) is 19.5. The Morgan fingerprint density at radius 1 is 0.929 bits per heavy atom. The van der Waals surface area contributed by atoms with Gasteiger partial charge in [-0.15, -0.1) is 0 Å². The Morgan fingerprint density at radius 3 is 2.61 bits per heavy atom. The van der Waals surface area contributed by atoms with Gasteiger partial charge in [0.1, 0.15) is 5.75 Å². The van der Waals surface area contributed by atoms with Crippen molar-refractivity contribution >= 4 is 39.2 Å². The number of nitrogens with one attached hydrogen (secondary N) is 2. The Labute approximate surface area is 160 Å². The van der Waals surface area contributed by atoms with E-state index in [1.807, 2.05) is 42.5 Å². The molecule has 4 rings (SSSR count). The number of rotatable bonds is 4. The molecule has 0 spiro atoms. The van der Waals surface area contributed by atoms with Crippen LogP contribution >= 0.6 is 0 Å². The van der Waals surface area contributed by atoms with Crippen molar-refractivity contribution in [1.29, 1.82) is 0 Å². The predicted octanol–water partition coefficient (Wildman–Crippen LogP) is 3.46. The third-order valence-electron chi connectivity index (χ3n) is 4.42. The zero-order valence-electron chi connectivity index (χ0n) is 14.8. The number of aromatic nitrogens is 1. The molecule has 0 unspecified atom stereocenters. The number of amides is 2. The molecular formula is C22H17N3O3. The van der Waals surface area contributed by atoms with Crippen molar-refractivity contribution in [2.45, 2.75) is 0 Å². The second-order valence-electron chi connectivity index (χ2n) is 6.33. The van der Waals surface area contributed by atoms with Crippen LogP contribution in [-0.2, 0) is 4.79 Å². The highest BCUT2D eigenvalue weighted by molar-refractivity contribution is 6.04. The van der Waals surface area contributed by atoms with Gasteiger partial charge in [0.05, 0.1) is 17.7 Å². The fourth-order valence-corrected chi connectivity index (χ4v) is 3.08. The molecule has 1 aromatic heterocycles. The van der Waals surface area contributed by atoms with E-state index in [9.17, 15) is 14.7 Å². The summed E-state index contributed by atoms with van der Waals surface area (Å²) in [4.78, 5) is 28.9. The highest BCUT2D eigenvalue weighted by atomic mass is 16.3. The second-order valence-corrected chi connectivity index (χ2v) is 6.33. The number of para-hydroxylation sites is 1. The standard InChI is InChI=1S/C22H17N3O3/c26-19-12-16(11-15-5-1-2-8-17(15)19)22(28)24-13-20(27)25-18-9-3-6-14-7-4-10-23-21(14)18/h1-12,26H,13H2,(H,24,28)(H,25,27). The average molecular weight is 371 g/mol. The number of carbonyl (C=O) groups is 2. The van der Waals surface area contributed by atoms with Crippen LogP contribution in [0.4, 0.5) is 5.69 Å². The summed E-state index contributed by atoms with van der Waals surface area (Å²) < 4.78 is 0. The highest BCUT2D eigenvalue weighted by Gasteiger charge is 2.12. The number of benzene rings is 3. The normalized spacial score (nSPS) is 10.7. The molecule has 6 nitrogen and oxygen atoms in total. The number of fused-ring (bicyclic) bond motifs is 2. The molecular weight excluding hydrogens is 354 g/mol. The van der Waals surface area contributed by atoms with E-state index in [-0.39, 0.29) is 23.8 Å². The van der Waals surface area contributed by atoms with Gasteiger partial charge < -0.3 is 15.7 Å². The lowest BCUT2D eigenvalue weighted by atomic mass is 10.1. The molecule has 28 heavy (non-hydrogen) atoms. The maximum atomic E-state index is 12.4. The Kier molecular flexibility index (Phi) is 4.60. The number of nitrogens with zero attached hydrogens (tertiary/aromatic N) is 1. The van der Waals surface area contributed by atoms with Gasteiger partial charge in [-0.25, -0.2) is 0 Å². The topological polar surface area (TPSA) is 91.3 Å². The van der Waals surface area contributed by atoms with E-state index in [4.69, 9.17) is 0 Å². The molecule has 0 saturated carbocycles. The van der Waals surface area contributed by atoms with Crippen molar-refractivity contribution < 1.29 is 14.7 Å². The number of anilines is 1. The molecule has 2 amide bonds. The van der Waals surface area contributed by atoms with Gasteiger partial charge in [0.15, 0.2) is 0 Å². The first-order valence-electron chi connectivity index (χ1n) is 8.75. The van der Waals surface area contributed by atoms with E-state index >= 15 is 0 Å². The molecule has 0 radical (unpaired) electrons. The van der Waals surface area contributed by atoms with Crippen LogP contribution in [0.1, 0.15) is 10.4 Å². The summed E-state index contributed by atoms with van der Waals surface area (Å²) in [5.74, 6) is -0.779. The number of phenols is 1. The number of aromatic hydroxyl groups is 1. The molecule has 0 bridgehead atoms. The molecule has 0 aliphatic rings. The molecule has 0 aliphatic carbocycles. The van der Waals surface area contributed by atoms with Crippen LogP contribution < -0.4 is 10.6 Å². The van der Waals surface area contributed by atoms with E-state index < -0.39 is 5.91 Å². The van der Waals surface area contributed by atoms with Crippen molar-refractivity contribution in [2.75, 3.05) is 11.9 Å². The van der Waals surface area contributed by atoms with Crippen LogP contribution in [0, 0.1) is 0 Å². The van der Waals surface area contributed by atoms with Gasteiger partial charge in [0.25, 0.3) is 5.91 Å². The zero-order chi connectivity index (χ0) is 19.5. The molecule has 3 aromatic carbocycles. The van der Waals surface area contributed by atoms with E-state index in [0.29, 0.717) is 16.6 Å². The van der Waals surface area contributed by atoms with Crippen LogP contribution in [0.5, 0.6) is 5.75 Å². The first kappa shape index (κ1) is 17.5. The summed E-state index contributed by atoms with van der Waals surface area (Å²) in [5.41, 5.74) is 1.56. The summed E-state index contributed by atoms with van der Waals surface area (Å²) in [5, 5.41) is 17.8. The fraction of sp³-hybridized carbons (Fsp3) is 0.0455. The van der Waals surface area contributed by atoms with Crippen LogP contribution in [0.3, 0.4) is 0 Å². The molecule has 6 heteroatoms. The lowest BCUT2D eigenvalue weighted by Gasteiger charge is -2.10. The zero-order valence-corrected chi connectivity index (χ0v) is 14.8. The third kappa shape index (κ3) is 3.48. The number of hydrogen-bond donors (Lipinski definition) is 3. The average Bonchev–Trinajstić information content (AvgIpc) is 2.72. The minimum Gasteiger partial charge on any atom is -0.507 e. The largest absolute Gasteiger partial charge is 0.507 e. The quantitative estimate of drug-likeness (QED) is 0.512. The van der Waals surface area contributed by atoms with Gasteiger partial charge in [0, 0.05) is 22.5 Å². The van der Waals surface area contributed by atoms with Crippen molar-refractivity contribution in [3.05, 3.63) is 78.5 Å². The number of phenolic OH excluding ortho intramolecular Hbond substituents is 1. The van der Waals surface area contributed by atoms with Crippen molar-refractivity contribution in [1.82, 2.24) is 10.3 Å². The minimum absolute atomic E-state index is 0.0227. The maximum Gasteiger partial charge on any atom is 0.251 e. The van der Waals surface area contributed by atoms with Gasteiger partial charge in [-0.3, -0.25) is 14.6 Å². The number of pyridine rings is 1. The van der Waals surface area contributed by atoms with E-state index in [0.717, 1.165) is 10.8 Å². The summed E-state index contributed by atoms with van der Waals surface area (Å²) in [7, 11) is 0. The van der Waals surface area contributed by atoms with Crippen molar-refractivity contribution in [3.8, 4) is 5.75 Å². The Hall–Kier alpha value is -3.93. The summed E-state index contributed by atoms with van der Waals surface area (Å²) in [6.45, 7) is -0.199. The predicted molar refractivity (Wildman–Crippen MR) is 108 cm³/mol. The molecule has 0 aliphatic heterocycles. The molecule has 0 saturated heterocycles. The van der Waals surface area contributed by atoms with E-state index in [2.05, 4.69) is 15.6 Å². The SMILES string of the molecule is O=C(CNC(=O)c1cc(O)c2ccccc2c1)Nc1cccc2cccnc12. The first-order chi connectivity index (χ1) is 13.6. The first-order valence-corrected chi connectivity index (χ1v) is 8.75. The fourth-order valence-electron chi connectivity index (χ4n) is 3.08. The van der Waals surface area contributed by atoms with Crippen LogP contribution in [-0.4, -0.2) is 28.4 Å². The Bertz CT molecular complexity index is 1200. The molecule has 4 aromatic rings. The monoisotopic (exact) mass is 371 g/mol. The van der Waals surface area contributed by atoms with Gasteiger partial charge >= 0.3 is 0 Å². The van der Waals surface area contributed by atoms with Gasteiger partial charge in [-0.05, 0) is 29.7 Å². The van der Waals surface area contributed by atoms with Gasteiger partial charge in [-0.2, -0.15) is 0 Å². The molecule has 3 N–H and O–H groups in total. The van der Waals surface area contributed by atoms with Crippen molar-refractivity contribution in [2.24, 2.45) is 0 Å². The highest BCUT2D eigenvalue weighted by Crippen LogP contribution is 2.26. The molecule has 0 fully saturated rings.